The second-order valence-electron chi connectivity index (χ2n) is 8.45. The zero-order chi connectivity index (χ0) is 23.2. The number of rotatable bonds is 7. The molecule has 3 N–H and O–H groups in total. The smallest absolute Gasteiger partial charge is 0.137 e. The van der Waals surface area contributed by atoms with Crippen LogP contribution in [0.15, 0.2) is 49.6 Å². The lowest BCUT2D eigenvalue weighted by Gasteiger charge is -2.42. The zero-order valence-electron chi connectivity index (χ0n) is 18.0. The Labute approximate surface area is 189 Å². The molecule has 2 aromatic heterocycles. The molecule has 0 radical (unpaired) electrons. The number of nitrogens with zero attached hydrogens (tertiary/aromatic N) is 8. The Hall–Kier alpha value is -2.90. The Bertz CT molecular complexity index is 1100. The van der Waals surface area contributed by atoms with Gasteiger partial charge in [-0.3, -0.25) is 4.90 Å². The van der Waals surface area contributed by atoms with E-state index < -0.39 is 23.3 Å². The second-order valence-corrected chi connectivity index (χ2v) is 8.45. The van der Waals surface area contributed by atoms with Crippen LogP contribution >= 0.6 is 0 Å². The van der Waals surface area contributed by atoms with Crippen LogP contribution in [-0.2, 0) is 12.1 Å². The summed E-state index contributed by atoms with van der Waals surface area (Å²) >= 11 is 0. The molecule has 1 aromatic carbocycles. The van der Waals surface area contributed by atoms with Gasteiger partial charge in [0, 0.05) is 55.3 Å². The first kappa shape index (κ1) is 21.9. The lowest BCUT2D eigenvalue weighted by atomic mass is 9.85. The number of hydrogen-bond acceptors (Lipinski definition) is 9. The van der Waals surface area contributed by atoms with Crippen LogP contribution < -0.4 is 5.73 Å². The van der Waals surface area contributed by atoms with Crippen LogP contribution in [0, 0.1) is 11.6 Å². The van der Waals surface area contributed by atoms with E-state index in [9.17, 15) is 13.9 Å². The fourth-order valence-electron chi connectivity index (χ4n) is 4.70. The van der Waals surface area contributed by atoms with Gasteiger partial charge in [-0.1, -0.05) is 6.07 Å². The van der Waals surface area contributed by atoms with Crippen LogP contribution in [0.4, 0.5) is 8.78 Å². The van der Waals surface area contributed by atoms with Crippen LogP contribution in [-0.4, -0.2) is 76.6 Å². The highest BCUT2D eigenvalue weighted by Crippen LogP contribution is 2.40. The van der Waals surface area contributed by atoms with Crippen LogP contribution in [0.2, 0.25) is 0 Å². The minimum atomic E-state index is -1.68. The lowest BCUT2D eigenvalue weighted by molar-refractivity contribution is -0.0685. The predicted molar refractivity (Wildman–Crippen MR) is 113 cm³/mol. The van der Waals surface area contributed by atoms with Gasteiger partial charge >= 0.3 is 0 Å². The minimum absolute atomic E-state index is 0.0140. The summed E-state index contributed by atoms with van der Waals surface area (Å²) in [4.78, 5) is 14.1. The van der Waals surface area contributed by atoms with E-state index in [2.05, 4.69) is 35.0 Å². The molecule has 33 heavy (non-hydrogen) atoms. The summed E-state index contributed by atoms with van der Waals surface area (Å²) in [6.07, 6.45) is 7.32. The van der Waals surface area contributed by atoms with Crippen molar-refractivity contribution in [3.05, 3.63) is 72.3 Å². The monoisotopic (exact) mass is 457 g/mol. The fraction of sp³-hybridized carbons (Fsp3) is 0.429. The first-order valence-electron chi connectivity index (χ1n) is 10.7. The van der Waals surface area contributed by atoms with Gasteiger partial charge in [-0.05, 0) is 13.0 Å². The number of benzene rings is 1. The van der Waals surface area contributed by atoms with Gasteiger partial charge in [0.05, 0.1) is 6.54 Å². The van der Waals surface area contributed by atoms with Gasteiger partial charge in [-0.25, -0.2) is 33.4 Å². The molecule has 10 nitrogen and oxygen atoms in total. The molecular formula is C21H25F2N9O. The van der Waals surface area contributed by atoms with E-state index in [-0.39, 0.29) is 24.4 Å². The summed E-state index contributed by atoms with van der Waals surface area (Å²) < 4.78 is 29.9. The summed E-state index contributed by atoms with van der Waals surface area (Å²) in [7, 11) is 0. The van der Waals surface area contributed by atoms with Crippen LogP contribution in [0.25, 0.3) is 0 Å². The summed E-state index contributed by atoms with van der Waals surface area (Å²) in [5, 5.41) is 20.1. The number of aliphatic hydroxyl groups is 1. The van der Waals surface area contributed by atoms with E-state index in [1.54, 1.807) is 12.4 Å². The molecule has 12 heteroatoms. The number of halogens is 2. The van der Waals surface area contributed by atoms with Crippen LogP contribution in [0.3, 0.4) is 0 Å². The van der Waals surface area contributed by atoms with Gasteiger partial charge in [0.25, 0.3) is 0 Å². The molecule has 2 aliphatic rings. The molecule has 0 bridgehead atoms. The highest BCUT2D eigenvalue weighted by atomic mass is 19.1. The van der Waals surface area contributed by atoms with Crippen molar-refractivity contribution in [3.8, 4) is 0 Å². The maximum atomic E-state index is 14.8. The highest BCUT2D eigenvalue weighted by molar-refractivity contribution is 5.27. The lowest BCUT2D eigenvalue weighted by Crippen LogP contribution is -2.55. The molecular weight excluding hydrogens is 432 g/mol. The van der Waals surface area contributed by atoms with Crippen molar-refractivity contribution in [1.29, 1.82) is 0 Å². The molecule has 3 unspecified atom stereocenters. The number of aromatic nitrogens is 5. The molecule has 0 saturated carbocycles. The van der Waals surface area contributed by atoms with Crippen molar-refractivity contribution in [3.63, 3.8) is 0 Å². The van der Waals surface area contributed by atoms with Gasteiger partial charge in [0.1, 0.15) is 48.5 Å². The van der Waals surface area contributed by atoms with E-state index in [1.165, 1.54) is 29.7 Å². The number of nitrogens with two attached hydrogens (primary N) is 1. The molecule has 5 rings (SSSR count). The van der Waals surface area contributed by atoms with E-state index in [0.717, 1.165) is 17.7 Å². The number of hydrazine groups is 1. The zero-order valence-corrected chi connectivity index (χ0v) is 18.0. The minimum Gasteiger partial charge on any atom is -0.381 e. The van der Waals surface area contributed by atoms with Gasteiger partial charge in [0.2, 0.25) is 0 Å². The molecule has 4 heterocycles. The Morgan fingerprint density at radius 2 is 1.97 bits per heavy atom. The van der Waals surface area contributed by atoms with Gasteiger partial charge in [-0.15, -0.1) is 0 Å². The van der Waals surface area contributed by atoms with Crippen molar-refractivity contribution in [2.75, 3.05) is 19.6 Å². The fourth-order valence-corrected chi connectivity index (χ4v) is 4.70. The third kappa shape index (κ3) is 4.00. The largest absolute Gasteiger partial charge is 0.381 e. The third-order valence-electron chi connectivity index (χ3n) is 6.62. The molecule has 2 saturated heterocycles. The molecule has 0 spiro atoms. The normalized spacial score (nSPS) is 26.3. The molecule has 6 atom stereocenters. The highest BCUT2D eigenvalue weighted by Gasteiger charge is 2.54. The average molecular weight is 457 g/mol. The summed E-state index contributed by atoms with van der Waals surface area (Å²) in [6, 6.07) is 2.72. The van der Waals surface area contributed by atoms with Crippen LogP contribution in [0.1, 0.15) is 24.2 Å². The Morgan fingerprint density at radius 3 is 2.67 bits per heavy atom. The second kappa shape index (κ2) is 8.47. The van der Waals surface area contributed by atoms with Crippen molar-refractivity contribution >= 4 is 0 Å². The van der Waals surface area contributed by atoms with Crippen molar-refractivity contribution in [1.82, 2.24) is 39.7 Å². The van der Waals surface area contributed by atoms with E-state index >= 15 is 0 Å². The molecule has 0 amide bonds. The summed E-state index contributed by atoms with van der Waals surface area (Å²) in [6.45, 7) is 3.72. The van der Waals surface area contributed by atoms with Gasteiger partial charge in [-0.2, -0.15) is 10.1 Å². The maximum absolute atomic E-state index is 14.8. The van der Waals surface area contributed by atoms with Crippen molar-refractivity contribution in [2.45, 2.75) is 37.4 Å². The first-order chi connectivity index (χ1) is 15.9. The quantitative estimate of drug-likeness (QED) is 0.489. The van der Waals surface area contributed by atoms with E-state index in [1.807, 2.05) is 6.92 Å². The molecule has 2 fully saturated rings. The molecule has 3 aromatic rings. The number of fused-ring (bicyclic) bond motifs is 1. The van der Waals surface area contributed by atoms with Crippen molar-refractivity contribution in [2.24, 2.45) is 5.73 Å². The van der Waals surface area contributed by atoms with Crippen LogP contribution in [0.5, 0.6) is 0 Å². The SMILES string of the molecule is C[C@@H](N1CCN2[C@H](C1)N2C(N)c1cncnc1)[C@](O)(Cn1cncn1)c1ccc(F)cc1F. The molecule has 0 aliphatic carbocycles. The molecule has 2 aliphatic heterocycles. The van der Waals surface area contributed by atoms with Gasteiger partial charge in [0.15, 0.2) is 0 Å². The van der Waals surface area contributed by atoms with Crippen molar-refractivity contribution < 1.29 is 13.9 Å². The number of piperazine rings is 1. The Morgan fingerprint density at radius 1 is 1.18 bits per heavy atom. The Kier molecular flexibility index (Phi) is 5.62. The summed E-state index contributed by atoms with van der Waals surface area (Å²) in [5.74, 6) is -1.50. The first-order valence-corrected chi connectivity index (χ1v) is 10.7. The standard InChI is InChI=1S/C21H25F2N9O/c1-14(21(33,10-30-13-27-12-28-30)17-3-2-16(22)6-18(17)23)29-4-5-31-19(9-29)32(31)20(24)15-7-25-11-26-8-15/h2-3,6-8,11-14,19-20,33H,4-5,9-10,24H2,1H3/t14-,19+,20?,21-,31?,32?/m1/s1. The average Bonchev–Trinajstić information content (AvgIpc) is 3.31. The molecule has 174 valence electrons. The van der Waals surface area contributed by atoms with Gasteiger partial charge < -0.3 is 10.8 Å². The van der Waals surface area contributed by atoms with E-state index in [4.69, 9.17) is 5.73 Å². The predicted octanol–water partition coefficient (Wildman–Crippen LogP) is 0.454. The third-order valence-corrected chi connectivity index (χ3v) is 6.62. The maximum Gasteiger partial charge on any atom is 0.137 e. The van der Waals surface area contributed by atoms with E-state index in [0.29, 0.717) is 19.6 Å². The topological polar surface area (TPSA) is 112 Å². The summed E-state index contributed by atoms with van der Waals surface area (Å²) in [5.41, 5.74) is 5.56. The Balaban J connectivity index is 1.38. The number of hydrogen-bond donors (Lipinski definition) is 2.